The molecule has 0 aromatic heterocycles. The average Bonchev–Trinajstić information content (AvgIpc) is 2.58. The van der Waals surface area contributed by atoms with Gasteiger partial charge in [0, 0.05) is 0 Å². The van der Waals surface area contributed by atoms with Gasteiger partial charge in [0.25, 0.3) is 0 Å². The quantitative estimate of drug-likeness (QED) is 0.901. The lowest BCUT2D eigenvalue weighted by Crippen LogP contribution is -2.32. The van der Waals surface area contributed by atoms with E-state index in [1.807, 2.05) is 30.3 Å². The lowest BCUT2D eigenvalue weighted by atomic mass is 10.2. The second kappa shape index (κ2) is 4.96. The number of rotatable bonds is 2. The van der Waals surface area contributed by atoms with Crippen LogP contribution in [0.25, 0.3) is 0 Å². The Kier molecular flexibility index (Phi) is 3.57. The van der Waals surface area contributed by atoms with Crippen LogP contribution in [0.4, 0.5) is 4.79 Å². The van der Waals surface area contributed by atoms with Gasteiger partial charge in [0.05, 0.1) is 6.54 Å². The van der Waals surface area contributed by atoms with Crippen LogP contribution in [0.3, 0.4) is 0 Å². The minimum atomic E-state index is -1.24. The van der Waals surface area contributed by atoms with E-state index in [0.717, 1.165) is 10.5 Å². The van der Waals surface area contributed by atoms with Gasteiger partial charge >= 0.3 is 6.09 Å². The molecule has 0 spiro atoms. The Hall–Kier alpha value is -1.23. The predicted molar refractivity (Wildman–Crippen MR) is 63.2 cm³/mol. The average molecular weight is 274 g/mol. The number of aliphatic hydroxyl groups excluding tert-OH is 1. The summed E-state index contributed by atoms with van der Waals surface area (Å²) in [5.41, 5.74) is 0.871. The van der Waals surface area contributed by atoms with E-state index in [2.05, 4.69) is 0 Å². The summed E-state index contributed by atoms with van der Waals surface area (Å²) in [5.74, 6) is -0.130. The van der Waals surface area contributed by atoms with Gasteiger partial charge in [-0.1, -0.05) is 53.5 Å². The molecule has 17 heavy (non-hydrogen) atoms. The molecule has 1 aromatic carbocycles. The molecule has 1 atom stereocenters. The number of cyclic esters (lactones) is 1. The second-order valence-corrected chi connectivity index (χ2v) is 4.43. The highest BCUT2D eigenvalue weighted by molar-refractivity contribution is 6.56. The fourth-order valence-electron chi connectivity index (χ4n) is 1.51. The summed E-state index contributed by atoms with van der Waals surface area (Å²) in [5, 5.41) is 9.80. The van der Waals surface area contributed by atoms with Crippen LogP contribution in [0.1, 0.15) is 5.56 Å². The molecule has 90 valence electrons. The summed E-state index contributed by atoms with van der Waals surface area (Å²) in [4.78, 5) is 12.6. The highest BCUT2D eigenvalue weighted by atomic mass is 35.5. The first-order chi connectivity index (χ1) is 8.09. The van der Waals surface area contributed by atoms with E-state index in [9.17, 15) is 9.90 Å². The number of carbonyl (C=O) groups is 1. The van der Waals surface area contributed by atoms with Crippen molar-refractivity contribution in [1.82, 2.24) is 4.90 Å². The number of ether oxygens (including phenoxy) is 1. The van der Waals surface area contributed by atoms with Gasteiger partial charge < -0.3 is 9.84 Å². The van der Waals surface area contributed by atoms with E-state index < -0.39 is 12.3 Å². The van der Waals surface area contributed by atoms with Crippen molar-refractivity contribution in [2.24, 2.45) is 0 Å². The molecule has 2 rings (SSSR count). The molecular formula is C11H9Cl2NO3. The van der Waals surface area contributed by atoms with Gasteiger partial charge in [-0.3, -0.25) is 4.90 Å². The molecule has 1 unspecified atom stereocenters. The van der Waals surface area contributed by atoms with Crippen molar-refractivity contribution >= 4 is 29.3 Å². The van der Waals surface area contributed by atoms with Gasteiger partial charge in [0.15, 0.2) is 12.0 Å². The molecule has 6 heteroatoms. The van der Waals surface area contributed by atoms with Crippen molar-refractivity contribution in [3.8, 4) is 0 Å². The Labute approximate surface area is 108 Å². The van der Waals surface area contributed by atoms with Crippen LogP contribution in [0.5, 0.6) is 0 Å². The van der Waals surface area contributed by atoms with Crippen molar-refractivity contribution in [2.45, 2.75) is 12.8 Å². The van der Waals surface area contributed by atoms with Crippen molar-refractivity contribution in [3.63, 3.8) is 0 Å². The summed E-state index contributed by atoms with van der Waals surface area (Å²) in [6, 6.07) is 9.22. The topological polar surface area (TPSA) is 49.8 Å². The van der Waals surface area contributed by atoms with Crippen LogP contribution in [0.15, 0.2) is 40.6 Å². The molecule has 4 nitrogen and oxygen atoms in total. The first-order valence-corrected chi connectivity index (χ1v) is 5.61. The summed E-state index contributed by atoms with van der Waals surface area (Å²) in [6.07, 6.45) is -1.91. The first kappa shape index (κ1) is 12.2. The lowest BCUT2D eigenvalue weighted by molar-refractivity contribution is 0.0758. The van der Waals surface area contributed by atoms with Crippen LogP contribution in [-0.4, -0.2) is 22.3 Å². The third-order valence-electron chi connectivity index (χ3n) is 2.34. The Balaban J connectivity index is 2.18. The molecule has 1 aromatic rings. The maximum Gasteiger partial charge on any atom is 0.417 e. The molecule has 0 saturated carbocycles. The number of hydrogen-bond acceptors (Lipinski definition) is 3. The van der Waals surface area contributed by atoms with Crippen molar-refractivity contribution in [2.75, 3.05) is 0 Å². The third kappa shape index (κ3) is 2.54. The minimum Gasteiger partial charge on any atom is -0.407 e. The van der Waals surface area contributed by atoms with Crippen molar-refractivity contribution < 1.29 is 14.6 Å². The van der Waals surface area contributed by atoms with Crippen LogP contribution in [0, 0.1) is 0 Å². The zero-order valence-electron chi connectivity index (χ0n) is 8.64. The Morgan fingerprint density at radius 2 is 2.00 bits per heavy atom. The molecule has 1 amide bonds. The highest BCUT2D eigenvalue weighted by Crippen LogP contribution is 2.28. The maximum absolute atomic E-state index is 11.5. The third-order valence-corrected chi connectivity index (χ3v) is 2.72. The highest BCUT2D eigenvalue weighted by Gasteiger charge is 2.38. The number of nitrogens with zero attached hydrogens (tertiary/aromatic N) is 1. The maximum atomic E-state index is 11.5. The van der Waals surface area contributed by atoms with Gasteiger partial charge in [-0.05, 0) is 5.56 Å². The molecule has 0 radical (unpaired) electrons. The molecule has 1 fully saturated rings. The fourth-order valence-corrected chi connectivity index (χ4v) is 1.79. The van der Waals surface area contributed by atoms with Crippen molar-refractivity contribution in [1.29, 1.82) is 0 Å². The largest absolute Gasteiger partial charge is 0.417 e. The van der Waals surface area contributed by atoms with Gasteiger partial charge in [-0.15, -0.1) is 0 Å². The van der Waals surface area contributed by atoms with Crippen LogP contribution < -0.4 is 0 Å². The molecule has 0 bridgehead atoms. The number of halogens is 2. The molecule has 0 aliphatic carbocycles. The summed E-state index contributed by atoms with van der Waals surface area (Å²) < 4.78 is 4.52. The van der Waals surface area contributed by atoms with Gasteiger partial charge in [0.1, 0.15) is 4.49 Å². The molecule has 1 saturated heterocycles. The number of hydrogen-bond donors (Lipinski definition) is 1. The Morgan fingerprint density at radius 1 is 1.35 bits per heavy atom. The van der Waals surface area contributed by atoms with E-state index in [-0.39, 0.29) is 16.8 Å². The smallest absolute Gasteiger partial charge is 0.407 e. The Bertz CT molecular complexity index is 457. The van der Waals surface area contributed by atoms with Crippen LogP contribution in [-0.2, 0) is 11.3 Å². The minimum absolute atomic E-state index is 0.130. The van der Waals surface area contributed by atoms with E-state index in [0.29, 0.717) is 0 Å². The second-order valence-electron chi connectivity index (χ2n) is 3.48. The fraction of sp³-hybridized carbons (Fsp3) is 0.182. The van der Waals surface area contributed by atoms with E-state index in [1.165, 1.54) is 0 Å². The first-order valence-electron chi connectivity index (χ1n) is 4.85. The van der Waals surface area contributed by atoms with Crippen molar-refractivity contribution in [3.05, 3.63) is 46.1 Å². The number of aliphatic hydroxyl groups is 1. The zero-order chi connectivity index (χ0) is 12.4. The van der Waals surface area contributed by atoms with E-state index in [4.69, 9.17) is 27.9 Å². The monoisotopic (exact) mass is 273 g/mol. The SMILES string of the molecule is O=C1OC(=C(Cl)Cl)C(O)N1Cc1ccccc1. The van der Waals surface area contributed by atoms with Gasteiger partial charge in [-0.25, -0.2) is 4.79 Å². The van der Waals surface area contributed by atoms with E-state index in [1.54, 1.807) is 0 Å². The van der Waals surface area contributed by atoms with Gasteiger partial charge in [-0.2, -0.15) is 0 Å². The normalized spacial score (nSPS) is 19.5. The summed E-state index contributed by atoms with van der Waals surface area (Å²) >= 11 is 11.0. The number of carbonyl (C=O) groups excluding carboxylic acids is 1. The predicted octanol–water partition coefficient (Wildman–Crippen LogP) is 2.60. The molecule has 1 aliphatic rings. The van der Waals surface area contributed by atoms with Crippen LogP contribution >= 0.6 is 23.2 Å². The number of benzene rings is 1. The molecule has 1 aliphatic heterocycles. The zero-order valence-corrected chi connectivity index (χ0v) is 10.1. The summed E-state index contributed by atoms with van der Waals surface area (Å²) in [7, 11) is 0. The van der Waals surface area contributed by atoms with Crippen LogP contribution in [0.2, 0.25) is 0 Å². The Morgan fingerprint density at radius 3 is 2.53 bits per heavy atom. The standard InChI is InChI=1S/C11H9Cl2NO3/c12-9(13)8-10(15)14(11(16)17-8)6-7-4-2-1-3-5-7/h1-5,10,15H,6H2. The molecular weight excluding hydrogens is 265 g/mol. The van der Waals surface area contributed by atoms with Gasteiger partial charge in [0.2, 0.25) is 0 Å². The summed E-state index contributed by atoms with van der Waals surface area (Å²) in [6.45, 7) is 0.228. The molecule has 1 N–H and O–H groups in total. The number of amides is 1. The lowest BCUT2D eigenvalue weighted by Gasteiger charge is -2.16. The van der Waals surface area contributed by atoms with E-state index >= 15 is 0 Å². The molecule has 1 heterocycles.